The lowest BCUT2D eigenvalue weighted by molar-refractivity contribution is 0.103. The summed E-state index contributed by atoms with van der Waals surface area (Å²) >= 11 is 0. The van der Waals surface area contributed by atoms with E-state index in [9.17, 15) is 9.18 Å². The van der Waals surface area contributed by atoms with Gasteiger partial charge >= 0.3 is 0 Å². The van der Waals surface area contributed by atoms with Crippen molar-refractivity contribution in [2.24, 2.45) is 0 Å². The van der Waals surface area contributed by atoms with Gasteiger partial charge in [-0.25, -0.2) is 4.39 Å². The van der Waals surface area contributed by atoms with Gasteiger partial charge in [0.05, 0.1) is 0 Å². The third-order valence-electron chi connectivity index (χ3n) is 4.50. The molecule has 0 aromatic heterocycles. The average molecular weight is 356 g/mol. The largest absolute Gasteiger partial charge is 0.489 e. The Labute approximate surface area is 156 Å². The van der Waals surface area contributed by atoms with Gasteiger partial charge in [0, 0.05) is 11.1 Å². The fourth-order valence-electron chi connectivity index (χ4n) is 3.05. The first-order valence-corrected chi connectivity index (χ1v) is 8.70. The third-order valence-corrected chi connectivity index (χ3v) is 4.50. The monoisotopic (exact) mass is 356 g/mol. The summed E-state index contributed by atoms with van der Waals surface area (Å²) in [6.45, 7) is 0.451. The van der Waals surface area contributed by atoms with Crippen molar-refractivity contribution >= 4 is 16.6 Å². The molecule has 4 aromatic rings. The Hall–Kier alpha value is -3.46. The predicted octanol–water partition coefficient (Wildman–Crippen LogP) is 5.79. The molecule has 4 aromatic carbocycles. The second kappa shape index (κ2) is 7.42. The smallest absolute Gasteiger partial charge is 0.193 e. The molecule has 0 N–H and O–H groups in total. The molecule has 0 bridgehead atoms. The number of carbonyl (C=O) groups excluding carboxylic acids is 1. The average Bonchev–Trinajstić information content (AvgIpc) is 2.72. The first-order chi connectivity index (χ1) is 13.2. The molecule has 0 amide bonds. The number of ether oxygens (including phenoxy) is 1. The fraction of sp³-hybridized carbons (Fsp3) is 0.0417. The van der Waals surface area contributed by atoms with Gasteiger partial charge in [-0.15, -0.1) is 0 Å². The maximum atomic E-state index is 13.0. The van der Waals surface area contributed by atoms with Crippen molar-refractivity contribution in [1.29, 1.82) is 0 Å². The standard InChI is InChI=1S/C24H17FO2/c25-21-12-8-18(9-13-21)24(26)19-10-14-22(15-11-19)27-16-20-6-3-5-17-4-1-2-7-23(17)20/h1-15H,16H2. The molecule has 0 heterocycles. The zero-order valence-corrected chi connectivity index (χ0v) is 14.6. The molecule has 0 saturated carbocycles. The molecule has 0 fully saturated rings. The van der Waals surface area contributed by atoms with Gasteiger partial charge in [-0.3, -0.25) is 4.79 Å². The van der Waals surface area contributed by atoms with E-state index in [2.05, 4.69) is 24.3 Å². The molecule has 0 radical (unpaired) electrons. The van der Waals surface area contributed by atoms with Crippen LogP contribution in [-0.4, -0.2) is 5.78 Å². The van der Waals surface area contributed by atoms with Gasteiger partial charge in [-0.05, 0) is 64.9 Å². The zero-order chi connectivity index (χ0) is 18.6. The van der Waals surface area contributed by atoms with Crippen molar-refractivity contribution in [3.63, 3.8) is 0 Å². The number of benzene rings is 4. The number of hydrogen-bond donors (Lipinski definition) is 0. The number of rotatable bonds is 5. The SMILES string of the molecule is O=C(c1ccc(F)cc1)c1ccc(OCc2cccc3ccccc23)cc1. The molecule has 4 rings (SSSR count). The van der Waals surface area contributed by atoms with E-state index < -0.39 is 0 Å². The van der Waals surface area contributed by atoms with Crippen molar-refractivity contribution in [1.82, 2.24) is 0 Å². The lowest BCUT2D eigenvalue weighted by Crippen LogP contribution is -2.02. The first-order valence-electron chi connectivity index (χ1n) is 8.70. The Bertz CT molecular complexity index is 1080. The van der Waals surface area contributed by atoms with Crippen molar-refractivity contribution in [3.8, 4) is 5.75 Å². The fourth-order valence-corrected chi connectivity index (χ4v) is 3.05. The molecule has 0 atom stereocenters. The summed E-state index contributed by atoms with van der Waals surface area (Å²) in [6.07, 6.45) is 0. The Morgan fingerprint density at radius 2 is 1.37 bits per heavy atom. The summed E-state index contributed by atoms with van der Waals surface area (Å²) in [7, 11) is 0. The van der Waals surface area contributed by atoms with Crippen LogP contribution in [0.2, 0.25) is 0 Å². The molecule has 3 heteroatoms. The molecule has 0 aliphatic rings. The predicted molar refractivity (Wildman–Crippen MR) is 105 cm³/mol. The van der Waals surface area contributed by atoms with Crippen molar-refractivity contribution < 1.29 is 13.9 Å². The molecular formula is C24H17FO2. The molecule has 0 aliphatic carbocycles. The van der Waals surface area contributed by atoms with E-state index in [0.717, 1.165) is 5.56 Å². The highest BCUT2D eigenvalue weighted by atomic mass is 19.1. The van der Waals surface area contributed by atoms with Gasteiger partial charge in [0.25, 0.3) is 0 Å². The molecular weight excluding hydrogens is 339 g/mol. The summed E-state index contributed by atoms with van der Waals surface area (Å²) in [5.41, 5.74) is 2.11. The number of ketones is 1. The van der Waals surface area contributed by atoms with Crippen LogP contribution in [0.25, 0.3) is 10.8 Å². The topological polar surface area (TPSA) is 26.3 Å². The van der Waals surface area contributed by atoms with Crippen LogP contribution < -0.4 is 4.74 Å². The van der Waals surface area contributed by atoms with Crippen LogP contribution in [0.3, 0.4) is 0 Å². The summed E-state index contributed by atoms with van der Waals surface area (Å²) in [5, 5.41) is 2.35. The van der Waals surface area contributed by atoms with E-state index in [-0.39, 0.29) is 11.6 Å². The van der Waals surface area contributed by atoms with E-state index in [4.69, 9.17) is 4.74 Å². The zero-order valence-electron chi connectivity index (χ0n) is 14.6. The maximum absolute atomic E-state index is 13.0. The van der Waals surface area contributed by atoms with E-state index >= 15 is 0 Å². The van der Waals surface area contributed by atoms with Gasteiger partial charge in [0.2, 0.25) is 0 Å². The van der Waals surface area contributed by atoms with Gasteiger partial charge in [-0.2, -0.15) is 0 Å². The van der Waals surface area contributed by atoms with Crippen molar-refractivity contribution in [2.75, 3.05) is 0 Å². The van der Waals surface area contributed by atoms with Crippen LogP contribution in [0.15, 0.2) is 91.0 Å². The molecule has 0 spiro atoms. The van der Waals surface area contributed by atoms with Gasteiger partial charge in [0.15, 0.2) is 5.78 Å². The molecule has 0 saturated heterocycles. The van der Waals surface area contributed by atoms with Crippen molar-refractivity contribution in [3.05, 3.63) is 114 Å². The summed E-state index contributed by atoms with van der Waals surface area (Å²) < 4.78 is 18.9. The number of fused-ring (bicyclic) bond motifs is 1. The van der Waals surface area contributed by atoms with Crippen molar-refractivity contribution in [2.45, 2.75) is 6.61 Å². The van der Waals surface area contributed by atoms with Gasteiger partial charge < -0.3 is 4.74 Å². The second-order valence-corrected chi connectivity index (χ2v) is 6.29. The number of halogens is 1. The molecule has 0 unspecified atom stereocenters. The van der Waals surface area contributed by atoms with Crippen LogP contribution in [0, 0.1) is 5.82 Å². The van der Waals surface area contributed by atoms with Gasteiger partial charge in [-0.1, -0.05) is 42.5 Å². The summed E-state index contributed by atoms with van der Waals surface area (Å²) in [5.74, 6) is 0.193. The Morgan fingerprint density at radius 3 is 2.11 bits per heavy atom. The lowest BCUT2D eigenvalue weighted by Gasteiger charge is -2.10. The van der Waals surface area contributed by atoms with Crippen LogP contribution in [0.5, 0.6) is 5.75 Å². The summed E-state index contributed by atoms with van der Waals surface area (Å²) in [4.78, 5) is 12.4. The number of carbonyl (C=O) groups is 1. The summed E-state index contributed by atoms with van der Waals surface area (Å²) in [6, 6.07) is 26.9. The maximum Gasteiger partial charge on any atom is 0.193 e. The number of hydrogen-bond acceptors (Lipinski definition) is 2. The van der Waals surface area contributed by atoms with E-state index in [1.165, 1.54) is 35.0 Å². The lowest BCUT2D eigenvalue weighted by atomic mass is 10.0. The molecule has 2 nitrogen and oxygen atoms in total. The quantitative estimate of drug-likeness (QED) is 0.423. The van der Waals surface area contributed by atoms with Gasteiger partial charge in [0.1, 0.15) is 18.2 Å². The Kier molecular flexibility index (Phi) is 4.67. The normalized spacial score (nSPS) is 10.7. The highest BCUT2D eigenvalue weighted by Gasteiger charge is 2.09. The molecule has 0 aliphatic heterocycles. The Balaban J connectivity index is 1.48. The molecule has 27 heavy (non-hydrogen) atoms. The van der Waals surface area contributed by atoms with E-state index in [1.807, 2.05) is 18.2 Å². The Morgan fingerprint density at radius 1 is 0.741 bits per heavy atom. The van der Waals surface area contributed by atoms with Crippen LogP contribution in [-0.2, 0) is 6.61 Å². The minimum absolute atomic E-state index is 0.143. The minimum atomic E-state index is -0.358. The minimum Gasteiger partial charge on any atom is -0.489 e. The van der Waals surface area contributed by atoms with Crippen LogP contribution in [0.4, 0.5) is 4.39 Å². The molecule has 132 valence electrons. The third kappa shape index (κ3) is 3.72. The first kappa shape index (κ1) is 17.0. The van der Waals surface area contributed by atoms with Crippen LogP contribution >= 0.6 is 0 Å². The highest BCUT2D eigenvalue weighted by molar-refractivity contribution is 6.09. The second-order valence-electron chi connectivity index (χ2n) is 6.29. The van der Waals surface area contributed by atoms with Crippen LogP contribution in [0.1, 0.15) is 21.5 Å². The highest BCUT2D eigenvalue weighted by Crippen LogP contribution is 2.21. The van der Waals surface area contributed by atoms with E-state index in [1.54, 1.807) is 24.3 Å². The van der Waals surface area contributed by atoms with E-state index in [0.29, 0.717) is 23.5 Å².